The molecule has 0 saturated carbocycles. The molecule has 3 nitrogen and oxygen atoms in total. The van der Waals surface area contributed by atoms with Crippen molar-refractivity contribution in [2.75, 3.05) is 20.3 Å². The summed E-state index contributed by atoms with van der Waals surface area (Å²) in [7, 11) is 1.72. The standard InChI is InChI=1S/C11H15NO2/c1-8-5-12-6-9-3-4-10(13-2)7-14-11(8)9/h3,5,10H,4,6-7H2,1-2H3. The van der Waals surface area contributed by atoms with E-state index in [0.29, 0.717) is 6.61 Å². The molecule has 0 amide bonds. The number of rotatable bonds is 1. The van der Waals surface area contributed by atoms with Gasteiger partial charge in [-0.15, -0.1) is 0 Å². The average molecular weight is 193 g/mol. The van der Waals surface area contributed by atoms with E-state index in [-0.39, 0.29) is 6.10 Å². The van der Waals surface area contributed by atoms with Crippen LogP contribution in [-0.4, -0.2) is 32.6 Å². The van der Waals surface area contributed by atoms with Gasteiger partial charge in [0.15, 0.2) is 0 Å². The average Bonchev–Trinajstić information content (AvgIpc) is 2.41. The minimum Gasteiger partial charge on any atom is -0.490 e. The number of hydrogen-bond donors (Lipinski definition) is 0. The van der Waals surface area contributed by atoms with Crippen LogP contribution in [0.1, 0.15) is 13.3 Å². The zero-order valence-electron chi connectivity index (χ0n) is 8.62. The first kappa shape index (κ1) is 9.46. The van der Waals surface area contributed by atoms with E-state index in [4.69, 9.17) is 9.47 Å². The molecule has 2 aliphatic rings. The van der Waals surface area contributed by atoms with Crippen molar-refractivity contribution in [1.29, 1.82) is 0 Å². The number of ether oxygens (including phenoxy) is 2. The van der Waals surface area contributed by atoms with Crippen LogP contribution in [0.25, 0.3) is 0 Å². The van der Waals surface area contributed by atoms with Gasteiger partial charge in [0.2, 0.25) is 0 Å². The van der Waals surface area contributed by atoms with Crippen LogP contribution in [0, 0.1) is 0 Å². The molecule has 1 atom stereocenters. The Hall–Kier alpha value is -1.09. The third-order valence-corrected chi connectivity index (χ3v) is 2.57. The topological polar surface area (TPSA) is 30.8 Å². The zero-order valence-corrected chi connectivity index (χ0v) is 8.62. The largest absolute Gasteiger partial charge is 0.490 e. The van der Waals surface area contributed by atoms with Crippen molar-refractivity contribution < 1.29 is 9.47 Å². The molecule has 0 radical (unpaired) electrons. The minimum atomic E-state index is 0.174. The number of methoxy groups -OCH3 is 1. The smallest absolute Gasteiger partial charge is 0.128 e. The van der Waals surface area contributed by atoms with Gasteiger partial charge in [0.25, 0.3) is 0 Å². The van der Waals surface area contributed by atoms with Crippen molar-refractivity contribution in [3.63, 3.8) is 0 Å². The first-order valence-electron chi connectivity index (χ1n) is 4.87. The van der Waals surface area contributed by atoms with Crippen LogP contribution in [-0.2, 0) is 9.47 Å². The predicted octanol–water partition coefficient (Wildman–Crippen LogP) is 1.71. The Labute approximate surface area is 84.1 Å². The maximum absolute atomic E-state index is 5.72. The van der Waals surface area contributed by atoms with Crippen molar-refractivity contribution >= 4 is 6.21 Å². The fraction of sp³-hybridized carbons (Fsp3) is 0.545. The lowest BCUT2D eigenvalue weighted by Gasteiger charge is -2.16. The molecule has 76 valence electrons. The van der Waals surface area contributed by atoms with E-state index >= 15 is 0 Å². The number of hydrogen-bond acceptors (Lipinski definition) is 3. The highest BCUT2D eigenvalue weighted by atomic mass is 16.5. The highest BCUT2D eigenvalue weighted by molar-refractivity contribution is 5.81. The first-order chi connectivity index (χ1) is 6.81. The Morgan fingerprint density at radius 2 is 2.43 bits per heavy atom. The summed E-state index contributed by atoms with van der Waals surface area (Å²) in [5.74, 6) is 1.000. The fourth-order valence-electron chi connectivity index (χ4n) is 1.71. The van der Waals surface area contributed by atoms with Gasteiger partial charge in [0.1, 0.15) is 12.4 Å². The van der Waals surface area contributed by atoms with Gasteiger partial charge in [0.05, 0.1) is 12.6 Å². The lowest BCUT2D eigenvalue weighted by Crippen LogP contribution is -2.16. The lowest BCUT2D eigenvalue weighted by molar-refractivity contribution is 0.0410. The van der Waals surface area contributed by atoms with E-state index in [1.807, 2.05) is 13.1 Å². The van der Waals surface area contributed by atoms with E-state index in [0.717, 1.165) is 24.3 Å². The van der Waals surface area contributed by atoms with Gasteiger partial charge in [-0.25, -0.2) is 0 Å². The monoisotopic (exact) mass is 193 g/mol. The predicted molar refractivity (Wildman–Crippen MR) is 55.5 cm³/mol. The maximum Gasteiger partial charge on any atom is 0.128 e. The molecular weight excluding hydrogens is 178 g/mol. The fourth-order valence-corrected chi connectivity index (χ4v) is 1.71. The first-order valence-corrected chi connectivity index (χ1v) is 4.87. The molecule has 2 aliphatic heterocycles. The molecule has 0 aromatic carbocycles. The summed E-state index contributed by atoms with van der Waals surface area (Å²) in [4.78, 5) is 4.26. The van der Waals surface area contributed by atoms with Crippen molar-refractivity contribution in [3.8, 4) is 0 Å². The van der Waals surface area contributed by atoms with Crippen LogP contribution in [0.2, 0.25) is 0 Å². The molecule has 3 heteroatoms. The second kappa shape index (κ2) is 3.96. The molecule has 14 heavy (non-hydrogen) atoms. The van der Waals surface area contributed by atoms with E-state index in [1.165, 1.54) is 5.57 Å². The normalized spacial score (nSPS) is 26.4. The molecule has 0 fully saturated rings. The van der Waals surface area contributed by atoms with Gasteiger partial charge in [-0.1, -0.05) is 6.08 Å². The van der Waals surface area contributed by atoms with E-state index in [1.54, 1.807) is 7.11 Å². The van der Waals surface area contributed by atoms with Gasteiger partial charge in [-0.3, -0.25) is 4.99 Å². The molecule has 0 N–H and O–H groups in total. The number of dihydropyridines is 1. The van der Waals surface area contributed by atoms with Gasteiger partial charge in [-0.05, 0) is 13.3 Å². The molecule has 0 aromatic heterocycles. The second-order valence-electron chi connectivity index (χ2n) is 3.62. The van der Waals surface area contributed by atoms with Crippen LogP contribution in [0.3, 0.4) is 0 Å². The molecule has 0 spiro atoms. The third-order valence-electron chi connectivity index (χ3n) is 2.57. The van der Waals surface area contributed by atoms with Crippen LogP contribution >= 0.6 is 0 Å². The van der Waals surface area contributed by atoms with Gasteiger partial charge >= 0.3 is 0 Å². The number of aliphatic imine (C=N–C) groups is 1. The maximum atomic E-state index is 5.72. The number of fused-ring (bicyclic) bond motifs is 1. The molecule has 1 unspecified atom stereocenters. The van der Waals surface area contributed by atoms with Crippen molar-refractivity contribution in [2.24, 2.45) is 4.99 Å². The van der Waals surface area contributed by atoms with Crippen LogP contribution in [0.4, 0.5) is 0 Å². The molecule has 2 heterocycles. The van der Waals surface area contributed by atoms with Crippen molar-refractivity contribution in [3.05, 3.63) is 23.0 Å². The summed E-state index contributed by atoms with van der Waals surface area (Å²) >= 11 is 0. The quantitative estimate of drug-likeness (QED) is 0.634. The summed E-state index contributed by atoms with van der Waals surface area (Å²) in [5, 5.41) is 0. The van der Waals surface area contributed by atoms with Crippen molar-refractivity contribution in [1.82, 2.24) is 0 Å². The summed E-state index contributed by atoms with van der Waals surface area (Å²) in [5.41, 5.74) is 2.31. The molecule has 0 bridgehead atoms. The van der Waals surface area contributed by atoms with Crippen molar-refractivity contribution in [2.45, 2.75) is 19.4 Å². The van der Waals surface area contributed by atoms with Gasteiger partial charge < -0.3 is 9.47 Å². The number of nitrogens with zero attached hydrogens (tertiary/aromatic N) is 1. The lowest BCUT2D eigenvalue weighted by atomic mass is 10.1. The van der Waals surface area contributed by atoms with Crippen LogP contribution < -0.4 is 0 Å². The zero-order chi connectivity index (χ0) is 9.97. The molecule has 0 aliphatic carbocycles. The summed E-state index contributed by atoms with van der Waals surface area (Å²) in [6, 6.07) is 0. The Balaban J connectivity index is 2.23. The Bertz CT molecular complexity index is 315. The highest BCUT2D eigenvalue weighted by Gasteiger charge is 2.19. The summed E-state index contributed by atoms with van der Waals surface area (Å²) < 4.78 is 11.0. The minimum absolute atomic E-state index is 0.174. The van der Waals surface area contributed by atoms with E-state index in [2.05, 4.69) is 11.1 Å². The Morgan fingerprint density at radius 1 is 1.57 bits per heavy atom. The highest BCUT2D eigenvalue weighted by Crippen LogP contribution is 2.24. The summed E-state index contributed by atoms with van der Waals surface area (Å²) in [6.07, 6.45) is 5.14. The second-order valence-corrected chi connectivity index (χ2v) is 3.62. The molecular formula is C11H15NO2. The molecule has 0 saturated heterocycles. The Kier molecular flexibility index (Phi) is 2.68. The van der Waals surface area contributed by atoms with E-state index in [9.17, 15) is 0 Å². The Morgan fingerprint density at radius 3 is 3.21 bits per heavy atom. The summed E-state index contributed by atoms with van der Waals surface area (Å²) in [6.45, 7) is 3.40. The molecule has 0 aromatic rings. The number of allylic oxidation sites excluding steroid dienone is 1. The third kappa shape index (κ3) is 1.73. The molecule has 2 rings (SSSR count). The SMILES string of the molecule is COC1CC=C2CN=CC(C)=C2OC1. The van der Waals surface area contributed by atoms with E-state index < -0.39 is 0 Å². The van der Waals surface area contributed by atoms with Gasteiger partial charge in [-0.2, -0.15) is 0 Å². The van der Waals surface area contributed by atoms with Crippen LogP contribution in [0.15, 0.2) is 28.0 Å². The van der Waals surface area contributed by atoms with Gasteiger partial charge in [0, 0.05) is 24.5 Å². The van der Waals surface area contributed by atoms with Crippen LogP contribution in [0.5, 0.6) is 0 Å².